The van der Waals surface area contributed by atoms with Gasteiger partial charge in [-0.15, -0.1) is 0 Å². The molecule has 102 valence electrons. The molecule has 1 aromatic heterocycles. The molecule has 0 aliphatic heterocycles. The van der Waals surface area contributed by atoms with Crippen LogP contribution < -0.4 is 0 Å². The first-order valence-electron chi connectivity index (χ1n) is 6.93. The molecule has 0 spiro atoms. The van der Waals surface area contributed by atoms with Crippen molar-refractivity contribution < 1.29 is 8.78 Å². The molecule has 0 aliphatic rings. The van der Waals surface area contributed by atoms with Crippen LogP contribution in [0, 0.1) is 0 Å². The van der Waals surface area contributed by atoms with E-state index >= 15 is 0 Å². The molecule has 1 nitrogen and oxygen atoms in total. The largest absolute Gasteiger partial charge is 0.258 e. The summed E-state index contributed by atoms with van der Waals surface area (Å²) in [6.07, 6.45) is 4.18. The first kappa shape index (κ1) is 15.1. The minimum absolute atomic E-state index is 0.426. The maximum atomic E-state index is 13.7. The summed E-state index contributed by atoms with van der Waals surface area (Å²) in [5.41, 5.74) is 0.991. The zero-order valence-corrected chi connectivity index (χ0v) is 11.3. The minimum atomic E-state index is -1.02. The molecular formula is C15H23F2N. The fraction of sp³-hybridized carbons (Fsp3) is 0.667. The van der Waals surface area contributed by atoms with Gasteiger partial charge in [-0.2, -0.15) is 0 Å². The molecule has 2 atom stereocenters. The molecule has 1 heterocycles. The second-order valence-electron chi connectivity index (χ2n) is 4.74. The number of hydrogen-bond acceptors (Lipinski definition) is 1. The Hall–Kier alpha value is -0.990. The van der Waals surface area contributed by atoms with Crippen LogP contribution in [0.2, 0.25) is 0 Å². The second-order valence-corrected chi connectivity index (χ2v) is 4.74. The molecule has 2 unspecified atom stereocenters. The molecule has 0 N–H and O–H groups in total. The monoisotopic (exact) mass is 255 g/mol. The SMILES string of the molecule is CCCCC(F)c1ccc(C(F)CCCC)nc1. The molecule has 0 aromatic carbocycles. The van der Waals surface area contributed by atoms with Gasteiger partial charge in [0, 0.05) is 11.8 Å². The number of halogens is 2. The highest BCUT2D eigenvalue weighted by molar-refractivity contribution is 5.17. The van der Waals surface area contributed by atoms with E-state index in [0.717, 1.165) is 25.7 Å². The summed E-state index contributed by atoms with van der Waals surface area (Å²) in [5, 5.41) is 0. The lowest BCUT2D eigenvalue weighted by Gasteiger charge is -2.10. The third-order valence-corrected chi connectivity index (χ3v) is 3.11. The summed E-state index contributed by atoms with van der Waals surface area (Å²) in [5.74, 6) is 0. The van der Waals surface area contributed by atoms with E-state index in [0.29, 0.717) is 24.1 Å². The maximum Gasteiger partial charge on any atom is 0.142 e. The van der Waals surface area contributed by atoms with Gasteiger partial charge in [-0.05, 0) is 18.9 Å². The van der Waals surface area contributed by atoms with Gasteiger partial charge < -0.3 is 0 Å². The van der Waals surface area contributed by atoms with Crippen molar-refractivity contribution in [1.82, 2.24) is 4.98 Å². The molecule has 1 rings (SSSR count). The zero-order chi connectivity index (χ0) is 13.4. The highest BCUT2D eigenvalue weighted by atomic mass is 19.1. The number of alkyl halides is 2. The third-order valence-electron chi connectivity index (χ3n) is 3.11. The van der Waals surface area contributed by atoms with Crippen LogP contribution in [0.5, 0.6) is 0 Å². The highest BCUT2D eigenvalue weighted by Crippen LogP contribution is 2.26. The Kier molecular flexibility index (Phi) is 6.84. The molecule has 3 heteroatoms. The topological polar surface area (TPSA) is 12.9 Å². The fourth-order valence-electron chi connectivity index (χ4n) is 1.87. The van der Waals surface area contributed by atoms with Crippen molar-refractivity contribution in [1.29, 1.82) is 0 Å². The van der Waals surface area contributed by atoms with Crippen LogP contribution in [0.15, 0.2) is 18.3 Å². The van der Waals surface area contributed by atoms with Gasteiger partial charge in [-0.1, -0.05) is 45.6 Å². The van der Waals surface area contributed by atoms with Gasteiger partial charge in [0.25, 0.3) is 0 Å². The molecule has 0 saturated heterocycles. The normalized spacial score (nSPS) is 14.4. The van der Waals surface area contributed by atoms with Gasteiger partial charge >= 0.3 is 0 Å². The van der Waals surface area contributed by atoms with Crippen LogP contribution in [-0.4, -0.2) is 4.98 Å². The Labute approximate surface area is 109 Å². The van der Waals surface area contributed by atoms with Crippen molar-refractivity contribution in [2.24, 2.45) is 0 Å². The Balaban J connectivity index is 2.56. The zero-order valence-electron chi connectivity index (χ0n) is 11.3. The van der Waals surface area contributed by atoms with E-state index in [1.54, 1.807) is 12.1 Å². The number of pyridine rings is 1. The van der Waals surface area contributed by atoms with Gasteiger partial charge in [0.1, 0.15) is 12.3 Å². The van der Waals surface area contributed by atoms with Gasteiger partial charge in [0.2, 0.25) is 0 Å². The smallest absolute Gasteiger partial charge is 0.142 e. The molecule has 18 heavy (non-hydrogen) atoms. The van der Waals surface area contributed by atoms with Gasteiger partial charge in [0.15, 0.2) is 0 Å². The molecule has 0 radical (unpaired) electrons. The summed E-state index contributed by atoms with van der Waals surface area (Å²) >= 11 is 0. The van der Waals surface area contributed by atoms with Crippen molar-refractivity contribution in [3.05, 3.63) is 29.6 Å². The van der Waals surface area contributed by atoms with Crippen molar-refractivity contribution >= 4 is 0 Å². The van der Waals surface area contributed by atoms with Crippen LogP contribution >= 0.6 is 0 Å². The van der Waals surface area contributed by atoms with E-state index in [1.165, 1.54) is 6.20 Å². The second kappa shape index (κ2) is 8.17. The number of aromatic nitrogens is 1. The maximum absolute atomic E-state index is 13.7. The summed E-state index contributed by atoms with van der Waals surface area (Å²) in [6.45, 7) is 4.07. The lowest BCUT2D eigenvalue weighted by Crippen LogP contribution is -1.98. The van der Waals surface area contributed by atoms with E-state index in [1.807, 2.05) is 13.8 Å². The molecule has 0 fully saturated rings. The first-order valence-corrected chi connectivity index (χ1v) is 6.93. The van der Waals surface area contributed by atoms with E-state index in [4.69, 9.17) is 0 Å². The van der Waals surface area contributed by atoms with Crippen molar-refractivity contribution in [2.45, 2.75) is 64.7 Å². The van der Waals surface area contributed by atoms with E-state index in [2.05, 4.69) is 4.98 Å². The minimum Gasteiger partial charge on any atom is -0.258 e. The predicted molar refractivity (Wildman–Crippen MR) is 71.0 cm³/mol. The summed E-state index contributed by atoms with van der Waals surface area (Å²) in [6, 6.07) is 3.29. The molecule has 0 aliphatic carbocycles. The van der Waals surface area contributed by atoms with Crippen LogP contribution in [0.1, 0.15) is 76.0 Å². The van der Waals surface area contributed by atoms with Gasteiger partial charge in [0.05, 0.1) is 5.69 Å². The van der Waals surface area contributed by atoms with Crippen molar-refractivity contribution in [3.63, 3.8) is 0 Å². The molecular weight excluding hydrogens is 232 g/mol. The Morgan fingerprint density at radius 3 is 2.11 bits per heavy atom. The average Bonchev–Trinajstić information content (AvgIpc) is 2.42. The number of hydrogen-bond donors (Lipinski definition) is 0. The summed E-state index contributed by atoms with van der Waals surface area (Å²) in [4.78, 5) is 4.05. The number of rotatable bonds is 8. The molecule has 1 aromatic rings. The number of unbranched alkanes of at least 4 members (excludes halogenated alkanes) is 2. The lowest BCUT2D eigenvalue weighted by atomic mass is 10.1. The van der Waals surface area contributed by atoms with Gasteiger partial charge in [-0.3, -0.25) is 4.98 Å². The summed E-state index contributed by atoms with van der Waals surface area (Å²) in [7, 11) is 0. The Morgan fingerprint density at radius 2 is 1.61 bits per heavy atom. The van der Waals surface area contributed by atoms with Crippen LogP contribution in [0.25, 0.3) is 0 Å². The molecule has 0 saturated carbocycles. The predicted octanol–water partition coefficient (Wildman–Crippen LogP) is 5.48. The lowest BCUT2D eigenvalue weighted by molar-refractivity contribution is 0.304. The van der Waals surface area contributed by atoms with Crippen molar-refractivity contribution in [2.75, 3.05) is 0 Å². The van der Waals surface area contributed by atoms with Gasteiger partial charge in [-0.25, -0.2) is 8.78 Å². The quantitative estimate of drug-likeness (QED) is 0.599. The highest BCUT2D eigenvalue weighted by Gasteiger charge is 2.13. The standard InChI is InChI=1S/C15H23F2N/c1-3-5-7-13(16)12-9-10-15(18-11-12)14(17)8-6-4-2/h9-11,13-14H,3-8H2,1-2H3. The van der Waals surface area contributed by atoms with E-state index in [9.17, 15) is 8.78 Å². The fourth-order valence-corrected chi connectivity index (χ4v) is 1.87. The van der Waals surface area contributed by atoms with E-state index in [-0.39, 0.29) is 0 Å². The van der Waals surface area contributed by atoms with Crippen LogP contribution in [-0.2, 0) is 0 Å². The summed E-state index contributed by atoms with van der Waals surface area (Å²) < 4.78 is 27.4. The Morgan fingerprint density at radius 1 is 1.00 bits per heavy atom. The first-order chi connectivity index (χ1) is 8.69. The third kappa shape index (κ3) is 4.71. The average molecular weight is 255 g/mol. The molecule has 0 amide bonds. The van der Waals surface area contributed by atoms with Crippen LogP contribution in [0.4, 0.5) is 8.78 Å². The molecule has 0 bridgehead atoms. The number of nitrogens with zero attached hydrogens (tertiary/aromatic N) is 1. The van der Waals surface area contributed by atoms with Crippen molar-refractivity contribution in [3.8, 4) is 0 Å². The Bertz CT molecular complexity index is 291. The van der Waals surface area contributed by atoms with E-state index < -0.39 is 12.3 Å². The van der Waals surface area contributed by atoms with Crippen LogP contribution in [0.3, 0.4) is 0 Å².